The number of rotatable bonds is 8. The number of hydrogen-bond donors (Lipinski definition) is 2. The van der Waals surface area contributed by atoms with E-state index in [-0.39, 0.29) is 11.8 Å². The zero-order valence-corrected chi connectivity index (χ0v) is 19.9. The standard InChI is InChI=1S/C23H22N4O4S2/c1-13-19(14(2)31-27-13)11-30-17-6-4-5-16(9-17)22(29)26-23-25-20(12-32-23)21-8-7-18(33-21)10-24-15(3)28/h4-9,12H,10-11H2,1-3H3,(H,24,28)(H,25,26,29). The zero-order chi connectivity index (χ0) is 23.4. The van der Waals surface area contributed by atoms with E-state index in [1.165, 1.54) is 18.3 Å². The summed E-state index contributed by atoms with van der Waals surface area (Å²) in [6, 6.07) is 10.9. The minimum atomic E-state index is -0.267. The van der Waals surface area contributed by atoms with Crippen molar-refractivity contribution in [1.82, 2.24) is 15.5 Å². The Hall–Kier alpha value is -3.50. The van der Waals surface area contributed by atoms with Gasteiger partial charge in [-0.05, 0) is 44.2 Å². The topological polar surface area (TPSA) is 106 Å². The van der Waals surface area contributed by atoms with E-state index in [2.05, 4.69) is 20.8 Å². The Bertz CT molecular complexity index is 1270. The maximum absolute atomic E-state index is 12.7. The lowest BCUT2D eigenvalue weighted by atomic mass is 10.2. The van der Waals surface area contributed by atoms with Crippen LogP contribution in [0.4, 0.5) is 5.13 Å². The molecule has 0 atom stereocenters. The highest BCUT2D eigenvalue weighted by Gasteiger charge is 2.14. The fraction of sp³-hybridized carbons (Fsp3) is 0.217. The molecule has 0 radical (unpaired) electrons. The van der Waals surface area contributed by atoms with Crippen LogP contribution in [0.15, 0.2) is 46.3 Å². The van der Waals surface area contributed by atoms with Gasteiger partial charge >= 0.3 is 0 Å². The van der Waals surface area contributed by atoms with Gasteiger partial charge in [0.25, 0.3) is 5.91 Å². The van der Waals surface area contributed by atoms with Crippen molar-refractivity contribution in [2.75, 3.05) is 5.32 Å². The summed E-state index contributed by atoms with van der Waals surface area (Å²) in [5.41, 5.74) is 2.94. The molecule has 170 valence electrons. The molecule has 0 unspecified atom stereocenters. The number of carbonyl (C=O) groups excluding carboxylic acids is 2. The van der Waals surface area contributed by atoms with Gasteiger partial charge in [-0.2, -0.15) is 0 Å². The summed E-state index contributed by atoms with van der Waals surface area (Å²) < 4.78 is 11.0. The first kappa shape index (κ1) is 22.7. The number of carbonyl (C=O) groups is 2. The number of anilines is 1. The van der Waals surface area contributed by atoms with Crippen molar-refractivity contribution in [3.05, 3.63) is 69.2 Å². The fourth-order valence-corrected chi connectivity index (χ4v) is 4.71. The van der Waals surface area contributed by atoms with Crippen LogP contribution < -0.4 is 15.4 Å². The number of nitrogens with zero attached hydrogens (tertiary/aromatic N) is 2. The molecule has 33 heavy (non-hydrogen) atoms. The number of thiazole rings is 1. The highest BCUT2D eigenvalue weighted by atomic mass is 32.1. The molecule has 0 saturated carbocycles. The minimum absolute atomic E-state index is 0.0678. The average molecular weight is 483 g/mol. The van der Waals surface area contributed by atoms with Crippen molar-refractivity contribution in [1.29, 1.82) is 0 Å². The van der Waals surface area contributed by atoms with Gasteiger partial charge in [0.1, 0.15) is 18.1 Å². The number of amides is 2. The lowest BCUT2D eigenvalue weighted by Crippen LogP contribution is -2.17. The van der Waals surface area contributed by atoms with Crippen molar-refractivity contribution < 1.29 is 18.8 Å². The molecule has 0 aliphatic rings. The third kappa shape index (κ3) is 5.65. The summed E-state index contributed by atoms with van der Waals surface area (Å²) in [4.78, 5) is 30.4. The predicted octanol–water partition coefficient (Wildman–Crippen LogP) is 4.94. The van der Waals surface area contributed by atoms with Crippen molar-refractivity contribution in [2.45, 2.75) is 33.9 Å². The molecule has 0 aliphatic heterocycles. The molecule has 2 N–H and O–H groups in total. The Morgan fingerprint density at radius 2 is 2.03 bits per heavy atom. The largest absolute Gasteiger partial charge is 0.489 e. The number of ether oxygens (including phenoxy) is 1. The average Bonchev–Trinajstić information content (AvgIpc) is 3.52. The van der Waals surface area contributed by atoms with Gasteiger partial charge in [-0.3, -0.25) is 14.9 Å². The first-order chi connectivity index (χ1) is 15.9. The monoisotopic (exact) mass is 482 g/mol. The van der Waals surface area contributed by atoms with E-state index in [0.29, 0.717) is 35.4 Å². The maximum atomic E-state index is 12.7. The summed E-state index contributed by atoms with van der Waals surface area (Å²) in [7, 11) is 0. The van der Waals surface area contributed by atoms with E-state index < -0.39 is 0 Å². The van der Waals surface area contributed by atoms with E-state index in [4.69, 9.17) is 9.26 Å². The van der Waals surface area contributed by atoms with E-state index in [1.807, 2.05) is 31.4 Å². The fourth-order valence-electron chi connectivity index (χ4n) is 3.03. The molecule has 4 rings (SSSR count). The highest BCUT2D eigenvalue weighted by Crippen LogP contribution is 2.31. The van der Waals surface area contributed by atoms with Crippen molar-refractivity contribution in [3.63, 3.8) is 0 Å². The minimum Gasteiger partial charge on any atom is -0.489 e. The van der Waals surface area contributed by atoms with Gasteiger partial charge in [0.05, 0.1) is 28.4 Å². The van der Waals surface area contributed by atoms with Gasteiger partial charge in [0, 0.05) is 22.7 Å². The van der Waals surface area contributed by atoms with Gasteiger partial charge < -0.3 is 14.6 Å². The Morgan fingerprint density at radius 1 is 1.18 bits per heavy atom. The molecule has 3 aromatic heterocycles. The van der Waals surface area contributed by atoms with Gasteiger partial charge in [-0.25, -0.2) is 4.98 Å². The number of nitrogens with one attached hydrogen (secondary N) is 2. The Morgan fingerprint density at radius 3 is 2.79 bits per heavy atom. The lowest BCUT2D eigenvalue weighted by molar-refractivity contribution is -0.119. The quantitative estimate of drug-likeness (QED) is 0.368. The SMILES string of the molecule is CC(=O)NCc1ccc(-c2csc(NC(=O)c3cccc(OCc4c(C)noc4C)c3)n2)s1. The molecule has 0 fully saturated rings. The normalized spacial score (nSPS) is 10.8. The van der Waals surface area contributed by atoms with E-state index in [9.17, 15) is 9.59 Å². The van der Waals surface area contributed by atoms with Gasteiger partial charge in [0.15, 0.2) is 5.13 Å². The Labute approximate surface area is 198 Å². The van der Waals surface area contributed by atoms with Crippen LogP contribution >= 0.6 is 22.7 Å². The van der Waals surface area contributed by atoms with Crippen molar-refractivity contribution in [2.24, 2.45) is 0 Å². The van der Waals surface area contributed by atoms with Crippen LogP contribution in [0.3, 0.4) is 0 Å². The highest BCUT2D eigenvalue weighted by molar-refractivity contribution is 7.17. The third-order valence-electron chi connectivity index (χ3n) is 4.81. The Balaban J connectivity index is 1.38. The molecule has 0 spiro atoms. The molecule has 0 bridgehead atoms. The summed E-state index contributed by atoms with van der Waals surface area (Å²) >= 11 is 2.91. The number of thiophene rings is 1. The zero-order valence-electron chi connectivity index (χ0n) is 18.3. The van der Waals surface area contributed by atoms with Crippen LogP contribution in [0.1, 0.15) is 39.2 Å². The second kappa shape index (κ2) is 9.97. The molecule has 4 aromatic rings. The van der Waals surface area contributed by atoms with E-state index in [0.717, 1.165) is 26.7 Å². The van der Waals surface area contributed by atoms with E-state index in [1.54, 1.807) is 35.6 Å². The molecular formula is C23H22N4O4S2. The van der Waals surface area contributed by atoms with E-state index >= 15 is 0 Å². The second-order valence-corrected chi connectivity index (χ2v) is 9.31. The Kier molecular flexibility index (Phi) is 6.85. The van der Waals surface area contributed by atoms with Crippen LogP contribution in [0.2, 0.25) is 0 Å². The van der Waals surface area contributed by atoms with Crippen LogP contribution in [0.5, 0.6) is 5.75 Å². The van der Waals surface area contributed by atoms with Crippen LogP contribution in [-0.4, -0.2) is 22.0 Å². The molecule has 0 aliphatic carbocycles. The van der Waals surface area contributed by atoms with Gasteiger partial charge in [-0.15, -0.1) is 22.7 Å². The predicted molar refractivity (Wildman–Crippen MR) is 128 cm³/mol. The van der Waals surface area contributed by atoms with Crippen LogP contribution in [-0.2, 0) is 17.9 Å². The van der Waals surface area contributed by atoms with Gasteiger partial charge in [0.2, 0.25) is 5.91 Å². The molecule has 3 heterocycles. The summed E-state index contributed by atoms with van der Waals surface area (Å²) in [6.45, 7) is 5.99. The summed E-state index contributed by atoms with van der Waals surface area (Å²) in [5, 5.41) is 12.0. The van der Waals surface area contributed by atoms with Crippen molar-refractivity contribution in [3.8, 4) is 16.3 Å². The number of aromatic nitrogens is 2. The molecule has 8 nitrogen and oxygen atoms in total. The smallest absolute Gasteiger partial charge is 0.257 e. The van der Waals surface area contributed by atoms with Crippen LogP contribution in [0.25, 0.3) is 10.6 Å². The second-order valence-electron chi connectivity index (χ2n) is 7.29. The lowest BCUT2D eigenvalue weighted by Gasteiger charge is -2.08. The molecule has 0 saturated heterocycles. The number of benzene rings is 1. The number of aryl methyl sites for hydroxylation is 2. The van der Waals surface area contributed by atoms with Crippen LogP contribution in [0, 0.1) is 13.8 Å². The third-order valence-corrected chi connectivity index (χ3v) is 6.68. The van der Waals surface area contributed by atoms with Crippen molar-refractivity contribution >= 4 is 39.6 Å². The van der Waals surface area contributed by atoms with Gasteiger partial charge in [-0.1, -0.05) is 11.2 Å². The first-order valence-electron chi connectivity index (χ1n) is 10.1. The summed E-state index contributed by atoms with van der Waals surface area (Å²) in [5.74, 6) is 0.958. The molecular weight excluding hydrogens is 460 g/mol. The summed E-state index contributed by atoms with van der Waals surface area (Å²) in [6.07, 6.45) is 0. The first-order valence-corrected chi connectivity index (χ1v) is 11.8. The molecule has 1 aromatic carbocycles. The maximum Gasteiger partial charge on any atom is 0.257 e. The molecule has 2 amide bonds. The number of hydrogen-bond acceptors (Lipinski definition) is 8. The molecule has 10 heteroatoms.